The first-order chi connectivity index (χ1) is 18.0. The largest absolute Gasteiger partial charge is 0.353 e. The lowest BCUT2D eigenvalue weighted by molar-refractivity contribution is 0.376. The predicted molar refractivity (Wildman–Crippen MR) is 141 cm³/mol. The summed E-state index contributed by atoms with van der Waals surface area (Å²) in [5, 5.41) is 9.36. The van der Waals surface area contributed by atoms with Crippen molar-refractivity contribution in [2.75, 3.05) is 20.6 Å². The molecule has 5 aromatic heterocycles. The van der Waals surface area contributed by atoms with Gasteiger partial charge < -0.3 is 15.6 Å². The number of nitrogens with one attached hydrogen (secondary N) is 2. The predicted octanol–water partition coefficient (Wildman–Crippen LogP) is 4.33. The highest BCUT2D eigenvalue weighted by Gasteiger charge is 2.17. The lowest BCUT2D eigenvalue weighted by Gasteiger charge is -2.18. The van der Waals surface area contributed by atoms with E-state index in [1.807, 2.05) is 43.3 Å². The van der Waals surface area contributed by atoms with Gasteiger partial charge in [-0.2, -0.15) is 5.10 Å². The summed E-state index contributed by atoms with van der Waals surface area (Å²) >= 11 is 0. The molecule has 0 saturated carbocycles. The van der Waals surface area contributed by atoms with Crippen LogP contribution >= 0.6 is 0 Å². The van der Waals surface area contributed by atoms with E-state index in [-0.39, 0.29) is 11.9 Å². The van der Waals surface area contributed by atoms with Crippen LogP contribution in [0.1, 0.15) is 11.6 Å². The van der Waals surface area contributed by atoms with Crippen LogP contribution in [0.2, 0.25) is 0 Å². The third-order valence-electron chi connectivity index (χ3n) is 6.29. The van der Waals surface area contributed by atoms with E-state index < -0.39 is 0 Å². The third kappa shape index (κ3) is 4.32. The molecule has 0 bridgehead atoms. The molecule has 10 heteroatoms. The fraction of sp³-hybridized carbons (Fsp3) is 0.148. The van der Waals surface area contributed by atoms with Crippen LogP contribution in [-0.2, 0) is 0 Å². The van der Waals surface area contributed by atoms with E-state index in [2.05, 4.69) is 35.1 Å². The molecule has 184 valence electrons. The van der Waals surface area contributed by atoms with Crippen LogP contribution in [0.25, 0.3) is 55.7 Å². The van der Waals surface area contributed by atoms with Crippen LogP contribution in [0.4, 0.5) is 4.39 Å². The minimum Gasteiger partial charge on any atom is -0.353 e. The molecule has 1 aromatic carbocycles. The number of halogens is 1. The van der Waals surface area contributed by atoms with Gasteiger partial charge in [-0.1, -0.05) is 0 Å². The first-order valence-corrected chi connectivity index (χ1v) is 11.7. The van der Waals surface area contributed by atoms with Gasteiger partial charge in [-0.25, -0.2) is 14.4 Å². The monoisotopic (exact) mass is 493 g/mol. The molecule has 37 heavy (non-hydrogen) atoms. The van der Waals surface area contributed by atoms with Gasteiger partial charge in [0.15, 0.2) is 0 Å². The number of nitrogens with zero attached hydrogens (tertiary/aromatic N) is 6. The zero-order chi connectivity index (χ0) is 25.5. The zero-order valence-corrected chi connectivity index (χ0v) is 20.3. The lowest BCUT2D eigenvalue weighted by atomic mass is 10.0. The van der Waals surface area contributed by atoms with Crippen LogP contribution in [0.15, 0.2) is 67.5 Å². The first-order valence-electron chi connectivity index (χ1n) is 11.7. The van der Waals surface area contributed by atoms with Crippen LogP contribution in [0.5, 0.6) is 0 Å². The summed E-state index contributed by atoms with van der Waals surface area (Å²) in [7, 11) is 3.88. The molecule has 0 aliphatic heterocycles. The van der Waals surface area contributed by atoms with Crippen molar-refractivity contribution in [2.45, 2.75) is 6.04 Å². The van der Waals surface area contributed by atoms with Gasteiger partial charge in [-0.15, -0.1) is 0 Å². The Morgan fingerprint density at radius 1 is 0.919 bits per heavy atom. The van der Waals surface area contributed by atoms with Gasteiger partial charge >= 0.3 is 0 Å². The van der Waals surface area contributed by atoms with Gasteiger partial charge in [0.25, 0.3) is 0 Å². The molecule has 0 spiro atoms. The van der Waals surface area contributed by atoms with E-state index in [1.54, 1.807) is 24.8 Å². The normalized spacial score (nSPS) is 12.6. The Labute approximate surface area is 211 Å². The summed E-state index contributed by atoms with van der Waals surface area (Å²) in [5.41, 5.74) is 13.2. The zero-order valence-electron chi connectivity index (χ0n) is 20.3. The van der Waals surface area contributed by atoms with Crippen molar-refractivity contribution < 1.29 is 4.39 Å². The maximum atomic E-state index is 14.7. The Hall–Kier alpha value is -4.54. The number of rotatable bonds is 6. The molecule has 9 nitrogen and oxygen atoms in total. The molecule has 0 saturated heterocycles. The number of nitrogens with two attached hydrogens (primary N) is 1. The summed E-state index contributed by atoms with van der Waals surface area (Å²) in [6.45, 7) is 0.604. The molecular formula is C27H24FN9. The second-order valence-corrected chi connectivity index (χ2v) is 9.26. The number of fused-ring (bicyclic) bond motifs is 2. The number of hydrogen-bond donors (Lipinski definition) is 3. The molecule has 0 radical (unpaired) electrons. The average molecular weight is 494 g/mol. The molecule has 0 amide bonds. The standard InChI is InChI=1S/C27H24FN9/c1-37(2)13-21(29)15-5-16(7-18(28)6-15)26-19-9-24(34-22(19)3-4-32-26)27-20-8-23(17-10-30-14-31-11-17)33-12-25(20)35-36-27/h3-12,14,21,34H,13,29H2,1-2H3,(H,35,36). The van der Waals surface area contributed by atoms with E-state index >= 15 is 0 Å². The van der Waals surface area contributed by atoms with Crippen molar-refractivity contribution in [1.82, 2.24) is 40.0 Å². The second-order valence-electron chi connectivity index (χ2n) is 9.26. The number of benzene rings is 1. The topological polar surface area (TPSA) is 125 Å². The summed E-state index contributed by atoms with van der Waals surface area (Å²) in [4.78, 5) is 22.7. The number of pyridine rings is 2. The number of likely N-dealkylation sites (N-methyl/N-ethyl adjacent to an activating group) is 1. The highest BCUT2D eigenvalue weighted by atomic mass is 19.1. The number of aromatic amines is 2. The molecule has 0 aliphatic carbocycles. The molecule has 6 rings (SSSR count). The van der Waals surface area contributed by atoms with Gasteiger partial charge in [0.05, 0.1) is 28.8 Å². The van der Waals surface area contributed by atoms with Gasteiger partial charge in [0, 0.05) is 58.6 Å². The maximum absolute atomic E-state index is 14.7. The summed E-state index contributed by atoms with van der Waals surface area (Å²) < 4.78 is 14.7. The highest BCUT2D eigenvalue weighted by Crippen LogP contribution is 2.34. The maximum Gasteiger partial charge on any atom is 0.124 e. The van der Waals surface area contributed by atoms with Crippen molar-refractivity contribution in [1.29, 1.82) is 0 Å². The Morgan fingerprint density at radius 3 is 2.54 bits per heavy atom. The molecule has 4 N–H and O–H groups in total. The summed E-state index contributed by atoms with van der Waals surface area (Å²) in [5.74, 6) is -0.348. The Bertz CT molecular complexity index is 1720. The van der Waals surface area contributed by atoms with Gasteiger partial charge in [-0.3, -0.25) is 15.1 Å². The smallest absolute Gasteiger partial charge is 0.124 e. The van der Waals surface area contributed by atoms with Crippen LogP contribution in [-0.4, -0.2) is 60.7 Å². The van der Waals surface area contributed by atoms with Crippen molar-refractivity contribution in [3.8, 4) is 33.9 Å². The first kappa shape index (κ1) is 22.9. The van der Waals surface area contributed by atoms with E-state index in [4.69, 9.17) is 5.73 Å². The van der Waals surface area contributed by atoms with E-state index in [0.29, 0.717) is 17.8 Å². The van der Waals surface area contributed by atoms with Crippen LogP contribution in [0.3, 0.4) is 0 Å². The van der Waals surface area contributed by atoms with E-state index in [0.717, 1.165) is 50.0 Å². The van der Waals surface area contributed by atoms with Gasteiger partial charge in [0.2, 0.25) is 0 Å². The number of H-pyrrole nitrogens is 2. The molecule has 0 fully saturated rings. The number of hydrogen-bond acceptors (Lipinski definition) is 7. The second kappa shape index (κ2) is 9.16. The van der Waals surface area contributed by atoms with Gasteiger partial charge in [-0.05, 0) is 56.1 Å². The average Bonchev–Trinajstić information content (AvgIpc) is 3.52. The Morgan fingerprint density at radius 2 is 1.73 bits per heavy atom. The van der Waals surface area contributed by atoms with Crippen LogP contribution < -0.4 is 5.73 Å². The van der Waals surface area contributed by atoms with Crippen molar-refractivity contribution in [3.63, 3.8) is 0 Å². The third-order valence-corrected chi connectivity index (χ3v) is 6.29. The highest BCUT2D eigenvalue weighted by molar-refractivity contribution is 6.00. The minimum absolute atomic E-state index is 0.321. The Balaban J connectivity index is 1.45. The SMILES string of the molecule is CN(C)CC(N)c1cc(F)cc(-c2nccc3[nH]c(-c4n[nH]c5cnc(-c6cncnc6)cc45)cc23)c1. The molecule has 1 unspecified atom stereocenters. The van der Waals surface area contributed by atoms with E-state index in [1.165, 1.54) is 18.5 Å². The summed E-state index contributed by atoms with van der Waals surface area (Å²) in [6.07, 6.45) is 8.38. The molecule has 5 heterocycles. The summed E-state index contributed by atoms with van der Waals surface area (Å²) in [6, 6.07) is 10.4. The molecule has 0 aliphatic rings. The fourth-order valence-corrected chi connectivity index (χ4v) is 4.58. The van der Waals surface area contributed by atoms with Gasteiger partial charge in [0.1, 0.15) is 17.8 Å². The van der Waals surface area contributed by atoms with Crippen LogP contribution in [0, 0.1) is 5.82 Å². The molecule has 1 atom stereocenters. The fourth-order valence-electron chi connectivity index (χ4n) is 4.58. The lowest BCUT2D eigenvalue weighted by Crippen LogP contribution is -2.26. The van der Waals surface area contributed by atoms with Crippen molar-refractivity contribution >= 4 is 21.8 Å². The van der Waals surface area contributed by atoms with E-state index in [9.17, 15) is 4.39 Å². The molecule has 6 aromatic rings. The van der Waals surface area contributed by atoms with Crippen molar-refractivity contribution in [2.24, 2.45) is 5.73 Å². The Kier molecular flexibility index (Phi) is 5.67. The minimum atomic E-state index is -0.348. The van der Waals surface area contributed by atoms with Crippen molar-refractivity contribution in [3.05, 3.63) is 78.9 Å². The number of aromatic nitrogens is 7. The quantitative estimate of drug-likeness (QED) is 0.315. The molecular weight excluding hydrogens is 469 g/mol.